The fraction of sp³-hybridized carbons (Fsp3) is 0.238. The number of benzene rings is 2. The van der Waals surface area contributed by atoms with Crippen molar-refractivity contribution in [3.05, 3.63) is 59.5 Å². The highest BCUT2D eigenvalue weighted by atomic mass is 79.9. The van der Waals surface area contributed by atoms with Crippen molar-refractivity contribution in [2.24, 2.45) is 0 Å². The van der Waals surface area contributed by atoms with Crippen LogP contribution in [0.2, 0.25) is 20.1 Å². The van der Waals surface area contributed by atoms with Crippen LogP contribution in [0.1, 0.15) is 39.6 Å². The Balaban J connectivity index is 1.58. The number of hydrogen-bond acceptors (Lipinski definition) is 5. The van der Waals surface area contributed by atoms with E-state index < -0.39 is 30.3 Å². The van der Waals surface area contributed by atoms with Gasteiger partial charge in [-0.15, -0.1) is 0 Å². The van der Waals surface area contributed by atoms with Gasteiger partial charge in [0.2, 0.25) is 0 Å². The van der Waals surface area contributed by atoms with Crippen LogP contribution in [0.5, 0.6) is 0 Å². The van der Waals surface area contributed by atoms with Crippen LogP contribution in [0, 0.1) is 0 Å². The Bertz CT molecular complexity index is 1140. The summed E-state index contributed by atoms with van der Waals surface area (Å²) in [5, 5.41) is 2.00. The number of rotatable bonds is 7. The first-order chi connectivity index (χ1) is 15.6. The Kier molecular flexibility index (Phi) is 8.29. The molecule has 1 aliphatic heterocycles. The highest BCUT2D eigenvalue weighted by Crippen LogP contribution is 2.44. The highest BCUT2D eigenvalue weighted by molar-refractivity contribution is 9.10. The predicted octanol–water partition coefficient (Wildman–Crippen LogP) is 5.79. The van der Waals surface area contributed by atoms with Gasteiger partial charge in [0.05, 0.1) is 37.6 Å². The van der Waals surface area contributed by atoms with Gasteiger partial charge in [0.15, 0.2) is 6.61 Å². The van der Waals surface area contributed by atoms with E-state index in [-0.39, 0.29) is 44.2 Å². The number of imide groups is 1. The van der Waals surface area contributed by atoms with E-state index in [9.17, 15) is 19.2 Å². The molecule has 174 valence electrons. The number of ether oxygens (including phenoxy) is 1. The first-order valence-corrected chi connectivity index (χ1v) is 11.8. The van der Waals surface area contributed by atoms with Crippen molar-refractivity contribution in [2.45, 2.75) is 19.8 Å². The zero-order valence-corrected chi connectivity index (χ0v) is 21.5. The molecule has 1 heterocycles. The largest absolute Gasteiger partial charge is 0.456 e. The molecule has 0 spiro atoms. The van der Waals surface area contributed by atoms with Gasteiger partial charge in [-0.3, -0.25) is 24.1 Å². The Labute approximate surface area is 217 Å². The second-order valence-electron chi connectivity index (χ2n) is 6.88. The topological polar surface area (TPSA) is 92.8 Å². The van der Waals surface area contributed by atoms with Crippen LogP contribution in [0.4, 0.5) is 5.69 Å². The molecule has 1 N–H and O–H groups in total. The van der Waals surface area contributed by atoms with Crippen LogP contribution < -0.4 is 5.32 Å². The Morgan fingerprint density at radius 1 is 1.00 bits per heavy atom. The maximum absolute atomic E-state index is 12.7. The van der Waals surface area contributed by atoms with Gasteiger partial charge in [0.25, 0.3) is 17.7 Å². The summed E-state index contributed by atoms with van der Waals surface area (Å²) in [6.45, 7) is 1.11. The van der Waals surface area contributed by atoms with E-state index in [0.29, 0.717) is 12.1 Å². The molecule has 7 nitrogen and oxygen atoms in total. The van der Waals surface area contributed by atoms with E-state index >= 15 is 0 Å². The number of carbonyl (C=O) groups is 4. The molecule has 0 unspecified atom stereocenters. The molecule has 2 aromatic carbocycles. The van der Waals surface area contributed by atoms with Crippen LogP contribution in [0.25, 0.3) is 0 Å². The summed E-state index contributed by atoms with van der Waals surface area (Å²) in [6.07, 6.45) is 0.355. The van der Waals surface area contributed by atoms with Crippen LogP contribution in [-0.2, 0) is 20.7 Å². The standard InChI is InChI=1S/C21H15BrCl4N2O5/c1-2-9-7-10(22)3-4-11(9)27-12(29)8-33-13(30)5-6-28-20(31)14-15(21(28)32)17(24)19(26)18(25)16(14)23/h3-4,7H,2,5-6,8H2,1H3,(H,27,29). The molecule has 3 amide bonds. The van der Waals surface area contributed by atoms with Gasteiger partial charge in [0.1, 0.15) is 0 Å². The fourth-order valence-corrected chi connectivity index (χ4v) is 4.61. The average Bonchev–Trinajstić information content (AvgIpc) is 3.04. The van der Waals surface area contributed by atoms with E-state index in [0.717, 1.165) is 14.9 Å². The Hall–Kier alpha value is -1.84. The van der Waals surface area contributed by atoms with Gasteiger partial charge < -0.3 is 10.1 Å². The van der Waals surface area contributed by atoms with Gasteiger partial charge >= 0.3 is 5.97 Å². The van der Waals surface area contributed by atoms with Gasteiger partial charge in [-0.2, -0.15) is 0 Å². The second-order valence-corrected chi connectivity index (χ2v) is 9.31. The Morgan fingerprint density at radius 2 is 1.58 bits per heavy atom. The van der Waals surface area contributed by atoms with E-state index in [1.165, 1.54) is 0 Å². The number of nitrogens with one attached hydrogen (secondary N) is 1. The van der Waals surface area contributed by atoms with Gasteiger partial charge in [-0.25, -0.2) is 0 Å². The lowest BCUT2D eigenvalue weighted by atomic mass is 10.1. The van der Waals surface area contributed by atoms with Crippen LogP contribution in [-0.4, -0.2) is 41.7 Å². The summed E-state index contributed by atoms with van der Waals surface area (Å²) < 4.78 is 5.84. The third-order valence-corrected chi connectivity index (χ3v) is 7.11. The third-order valence-electron chi connectivity index (χ3n) is 4.81. The summed E-state index contributed by atoms with van der Waals surface area (Å²) in [6, 6.07) is 5.39. The van der Waals surface area contributed by atoms with Crippen molar-refractivity contribution in [3.63, 3.8) is 0 Å². The molecule has 2 aromatic rings. The molecule has 0 radical (unpaired) electrons. The normalized spacial score (nSPS) is 12.7. The second kappa shape index (κ2) is 10.6. The summed E-state index contributed by atoms with van der Waals surface area (Å²) in [5.41, 5.74) is 1.18. The van der Waals surface area contributed by atoms with E-state index in [1.54, 1.807) is 12.1 Å². The fourth-order valence-electron chi connectivity index (χ4n) is 3.18. The maximum atomic E-state index is 12.7. The monoisotopic (exact) mass is 594 g/mol. The molecule has 3 rings (SSSR count). The van der Waals surface area contributed by atoms with Crippen molar-refractivity contribution in [2.75, 3.05) is 18.5 Å². The number of nitrogens with zero attached hydrogens (tertiary/aromatic N) is 1. The minimum Gasteiger partial charge on any atom is -0.456 e. The van der Waals surface area contributed by atoms with Gasteiger partial charge in [0, 0.05) is 16.7 Å². The van der Waals surface area contributed by atoms with Gasteiger partial charge in [-0.1, -0.05) is 69.3 Å². The number of aryl methyl sites for hydroxylation is 1. The third kappa shape index (κ3) is 5.30. The summed E-state index contributed by atoms with van der Waals surface area (Å²) in [5.74, 6) is -2.81. The lowest BCUT2D eigenvalue weighted by molar-refractivity contribution is -0.147. The minimum absolute atomic E-state index is 0.146. The summed E-state index contributed by atoms with van der Waals surface area (Å²) >= 11 is 27.4. The highest BCUT2D eigenvalue weighted by Gasteiger charge is 2.41. The number of esters is 1. The zero-order valence-electron chi connectivity index (χ0n) is 16.9. The lowest BCUT2D eigenvalue weighted by Gasteiger charge is -2.14. The number of halogens is 5. The zero-order chi connectivity index (χ0) is 24.4. The molecular formula is C21H15BrCl4N2O5. The number of anilines is 1. The molecule has 0 atom stereocenters. The minimum atomic E-state index is -0.776. The molecule has 0 aliphatic carbocycles. The number of hydrogen-bond donors (Lipinski definition) is 1. The summed E-state index contributed by atoms with van der Waals surface area (Å²) in [4.78, 5) is 50.3. The van der Waals surface area contributed by atoms with Crippen LogP contribution in [0.15, 0.2) is 22.7 Å². The van der Waals surface area contributed by atoms with Crippen LogP contribution in [0.3, 0.4) is 0 Å². The first-order valence-electron chi connectivity index (χ1n) is 9.52. The van der Waals surface area contributed by atoms with Crippen molar-refractivity contribution < 1.29 is 23.9 Å². The van der Waals surface area contributed by atoms with E-state index in [4.69, 9.17) is 51.1 Å². The molecule has 0 bridgehead atoms. The number of fused-ring (bicyclic) bond motifs is 1. The molecule has 12 heteroatoms. The van der Waals surface area contributed by atoms with Gasteiger partial charge in [-0.05, 0) is 30.2 Å². The van der Waals surface area contributed by atoms with Crippen molar-refractivity contribution in [3.8, 4) is 0 Å². The Morgan fingerprint density at radius 3 is 2.12 bits per heavy atom. The number of amides is 3. The first kappa shape index (κ1) is 25.8. The van der Waals surface area contributed by atoms with Crippen molar-refractivity contribution in [1.29, 1.82) is 0 Å². The van der Waals surface area contributed by atoms with Crippen molar-refractivity contribution in [1.82, 2.24) is 4.90 Å². The molecule has 33 heavy (non-hydrogen) atoms. The maximum Gasteiger partial charge on any atom is 0.308 e. The van der Waals surface area contributed by atoms with Crippen molar-refractivity contribution >= 4 is 91.7 Å². The van der Waals surface area contributed by atoms with Crippen LogP contribution >= 0.6 is 62.3 Å². The summed E-state index contributed by atoms with van der Waals surface area (Å²) in [7, 11) is 0. The lowest BCUT2D eigenvalue weighted by Crippen LogP contribution is -2.32. The SMILES string of the molecule is CCc1cc(Br)ccc1NC(=O)COC(=O)CCN1C(=O)c2c(Cl)c(Cl)c(Cl)c(Cl)c2C1=O. The molecule has 0 fully saturated rings. The predicted molar refractivity (Wildman–Crippen MR) is 130 cm³/mol. The quantitative estimate of drug-likeness (QED) is 0.189. The molecule has 1 aliphatic rings. The molecule has 0 saturated heterocycles. The van der Waals surface area contributed by atoms with E-state index in [2.05, 4.69) is 21.2 Å². The van der Waals surface area contributed by atoms with E-state index in [1.807, 2.05) is 13.0 Å². The molecular weight excluding hydrogens is 582 g/mol. The average molecular weight is 597 g/mol. The number of carbonyl (C=O) groups excluding carboxylic acids is 4. The molecule has 0 saturated carbocycles. The smallest absolute Gasteiger partial charge is 0.308 e. The molecule has 0 aromatic heterocycles.